The van der Waals surface area contributed by atoms with Gasteiger partial charge in [-0.25, -0.2) is 4.79 Å². The van der Waals surface area contributed by atoms with E-state index in [0.29, 0.717) is 17.0 Å². The molecule has 7 heteroatoms. The van der Waals surface area contributed by atoms with Crippen LogP contribution in [0.1, 0.15) is 52.7 Å². The minimum atomic E-state index is -1.04. The summed E-state index contributed by atoms with van der Waals surface area (Å²) in [6.45, 7) is 13.7. The molecule has 0 saturated carbocycles. The maximum Gasteiger partial charge on any atom is 0.352 e. The van der Waals surface area contributed by atoms with Gasteiger partial charge in [-0.15, -0.1) is 15.0 Å². The summed E-state index contributed by atoms with van der Waals surface area (Å²) in [5.41, 5.74) is 2.53. The molecule has 0 aliphatic rings. The Bertz CT molecular complexity index is 1120. The number of esters is 1. The van der Waals surface area contributed by atoms with Gasteiger partial charge in [-0.3, -0.25) is 0 Å². The third-order valence-corrected chi connectivity index (χ3v) is 4.29. The Balaban J connectivity index is 0.00000145. The van der Waals surface area contributed by atoms with E-state index in [0.717, 1.165) is 11.0 Å². The van der Waals surface area contributed by atoms with Crippen molar-refractivity contribution >= 4 is 22.7 Å². The van der Waals surface area contributed by atoms with Crippen molar-refractivity contribution in [1.82, 2.24) is 15.0 Å². The number of fused-ring (bicyclic) bond motifs is 1. The zero-order valence-electron chi connectivity index (χ0n) is 21.1. The first-order valence-corrected chi connectivity index (χ1v) is 11.7. The quantitative estimate of drug-likeness (QED) is 0.150. The van der Waals surface area contributed by atoms with E-state index in [4.69, 9.17) is 14.7 Å². The van der Waals surface area contributed by atoms with E-state index in [-0.39, 0.29) is 13.0 Å². The lowest BCUT2D eigenvalue weighted by Gasteiger charge is -2.20. The van der Waals surface area contributed by atoms with Crippen molar-refractivity contribution in [3.63, 3.8) is 0 Å². The minimum absolute atomic E-state index is 0.00882. The van der Waals surface area contributed by atoms with E-state index in [2.05, 4.69) is 16.8 Å². The number of hydrogen-bond acceptors (Lipinski definition) is 6. The van der Waals surface area contributed by atoms with Gasteiger partial charge in [-0.1, -0.05) is 82.8 Å². The molecule has 0 N–H and O–H groups in total. The Hall–Kier alpha value is -4.18. The molecule has 0 amide bonds. The summed E-state index contributed by atoms with van der Waals surface area (Å²) in [6, 6.07) is 18.4. The van der Waals surface area contributed by atoms with E-state index in [1.54, 1.807) is 30.4 Å². The van der Waals surface area contributed by atoms with Crippen molar-refractivity contribution < 1.29 is 14.3 Å². The van der Waals surface area contributed by atoms with Gasteiger partial charge in [0, 0.05) is 5.56 Å². The predicted molar refractivity (Wildman–Crippen MR) is 140 cm³/mol. The van der Waals surface area contributed by atoms with Crippen molar-refractivity contribution in [2.24, 2.45) is 0 Å². The Labute approximate surface area is 208 Å². The fourth-order valence-corrected chi connectivity index (χ4v) is 2.86. The van der Waals surface area contributed by atoms with Crippen LogP contribution in [-0.4, -0.2) is 27.6 Å². The second kappa shape index (κ2) is 16.4. The molecular formula is C28H34N4O3. The number of aromatic nitrogens is 3. The number of nitriles is 1. The molecule has 2 aromatic carbocycles. The van der Waals surface area contributed by atoms with E-state index < -0.39 is 12.1 Å². The number of rotatable bonds is 9. The van der Waals surface area contributed by atoms with Crippen LogP contribution in [0.15, 0.2) is 85.2 Å². The summed E-state index contributed by atoms with van der Waals surface area (Å²) in [7, 11) is 0. The number of allylic oxidation sites excluding steroid dienone is 4. The highest BCUT2D eigenvalue weighted by atomic mass is 16.6. The summed E-state index contributed by atoms with van der Waals surface area (Å²) in [5, 5.41) is 17.7. The molecule has 0 spiro atoms. The van der Waals surface area contributed by atoms with Crippen molar-refractivity contribution in [3.05, 3.63) is 90.7 Å². The molecule has 0 radical (unpaired) electrons. The monoisotopic (exact) mass is 474 g/mol. The van der Waals surface area contributed by atoms with Crippen LogP contribution in [0.4, 0.5) is 0 Å². The molecule has 0 aliphatic heterocycles. The molecular weight excluding hydrogens is 440 g/mol. The zero-order chi connectivity index (χ0) is 26.1. The molecule has 1 aromatic heterocycles. The Kier molecular flexibility index (Phi) is 13.5. The number of benzene rings is 2. The van der Waals surface area contributed by atoms with Gasteiger partial charge in [-0.2, -0.15) is 5.26 Å². The van der Waals surface area contributed by atoms with Gasteiger partial charge in [0.05, 0.1) is 12.5 Å². The van der Waals surface area contributed by atoms with Crippen LogP contribution in [-0.2, 0) is 14.3 Å². The van der Waals surface area contributed by atoms with E-state index >= 15 is 0 Å². The van der Waals surface area contributed by atoms with Crippen LogP contribution in [0.5, 0.6) is 0 Å². The van der Waals surface area contributed by atoms with Crippen molar-refractivity contribution in [1.29, 1.82) is 5.26 Å². The number of carbonyl (C=O) groups excluding carboxylic acids is 1. The first-order chi connectivity index (χ1) is 17.2. The Morgan fingerprint density at radius 3 is 2.14 bits per heavy atom. The number of nitrogens with zero attached hydrogens (tertiary/aromatic N) is 4. The first-order valence-electron chi connectivity index (χ1n) is 11.7. The average molecular weight is 475 g/mol. The highest BCUT2D eigenvalue weighted by molar-refractivity contribution is 5.78. The van der Waals surface area contributed by atoms with Crippen molar-refractivity contribution in [2.45, 2.75) is 47.1 Å². The lowest BCUT2D eigenvalue weighted by Crippen LogP contribution is -2.20. The third-order valence-electron chi connectivity index (χ3n) is 4.29. The molecule has 3 rings (SSSR count). The van der Waals surface area contributed by atoms with E-state index in [9.17, 15) is 4.79 Å². The predicted octanol–water partition coefficient (Wildman–Crippen LogP) is 6.63. The number of hydrogen-bond donors (Lipinski definition) is 0. The van der Waals surface area contributed by atoms with Crippen LogP contribution in [0.2, 0.25) is 0 Å². The van der Waals surface area contributed by atoms with Crippen LogP contribution >= 0.6 is 0 Å². The van der Waals surface area contributed by atoms with E-state index in [1.807, 2.05) is 83.2 Å². The van der Waals surface area contributed by atoms with Gasteiger partial charge < -0.3 is 9.47 Å². The molecule has 1 unspecified atom stereocenters. The highest BCUT2D eigenvalue weighted by Crippen LogP contribution is 2.26. The third kappa shape index (κ3) is 8.27. The van der Waals surface area contributed by atoms with Gasteiger partial charge >= 0.3 is 5.97 Å². The van der Waals surface area contributed by atoms with E-state index in [1.165, 1.54) is 4.80 Å². The first kappa shape index (κ1) is 28.9. The van der Waals surface area contributed by atoms with Crippen LogP contribution in [0.25, 0.3) is 16.7 Å². The largest absolute Gasteiger partial charge is 0.472 e. The van der Waals surface area contributed by atoms with Crippen molar-refractivity contribution in [3.8, 4) is 6.07 Å². The van der Waals surface area contributed by atoms with Gasteiger partial charge in [0.15, 0.2) is 0 Å². The highest BCUT2D eigenvalue weighted by Gasteiger charge is 2.26. The van der Waals surface area contributed by atoms with Gasteiger partial charge in [-0.05, 0) is 31.2 Å². The SMILES string of the molecule is C=C/C(=C(\C=C/C)OC(C(=O)OCCC#N)c1ccccc1)n1nc2ccccc2n1.CC.CC. The minimum Gasteiger partial charge on any atom is -0.472 e. The zero-order valence-corrected chi connectivity index (χ0v) is 21.1. The normalized spacial score (nSPS) is 11.7. The molecule has 3 aromatic rings. The fraction of sp³-hybridized carbons (Fsp3) is 0.286. The number of ether oxygens (including phenoxy) is 2. The fourth-order valence-electron chi connectivity index (χ4n) is 2.86. The average Bonchev–Trinajstić information content (AvgIpc) is 3.34. The van der Waals surface area contributed by atoms with Gasteiger partial charge in [0.25, 0.3) is 0 Å². The van der Waals surface area contributed by atoms with Crippen LogP contribution in [0.3, 0.4) is 0 Å². The number of carbonyl (C=O) groups is 1. The molecule has 0 saturated heterocycles. The smallest absolute Gasteiger partial charge is 0.352 e. The summed E-state index contributed by atoms with van der Waals surface area (Å²) >= 11 is 0. The molecule has 0 fully saturated rings. The molecule has 0 bridgehead atoms. The van der Waals surface area contributed by atoms with Crippen LogP contribution in [0, 0.1) is 11.3 Å². The Morgan fingerprint density at radius 1 is 1.06 bits per heavy atom. The van der Waals surface area contributed by atoms with Gasteiger partial charge in [0.1, 0.15) is 29.1 Å². The lowest BCUT2D eigenvalue weighted by atomic mass is 10.1. The second-order valence-electron chi connectivity index (χ2n) is 6.42. The molecule has 1 atom stereocenters. The maximum absolute atomic E-state index is 12.8. The molecule has 35 heavy (non-hydrogen) atoms. The van der Waals surface area contributed by atoms with Crippen molar-refractivity contribution in [2.75, 3.05) is 6.61 Å². The molecule has 0 aliphatic carbocycles. The summed E-state index contributed by atoms with van der Waals surface area (Å²) < 4.78 is 11.4. The van der Waals surface area contributed by atoms with Crippen LogP contribution < -0.4 is 0 Å². The topological polar surface area (TPSA) is 90.0 Å². The summed E-state index contributed by atoms with van der Waals surface area (Å²) in [4.78, 5) is 14.2. The van der Waals surface area contributed by atoms with Gasteiger partial charge in [0.2, 0.25) is 6.10 Å². The standard InChI is InChI=1S/C24H22N4O3.2C2H6/c1-3-11-22(21(4-2)28-26-19-14-8-9-15-20(19)27-28)31-23(18-12-6-5-7-13-18)24(29)30-17-10-16-25;2*1-2/h3-9,11-15,23H,2,10,17H2,1H3;2*1-2H3/b11-3-,22-21-;;. The lowest BCUT2D eigenvalue weighted by molar-refractivity contribution is -0.154. The Morgan fingerprint density at radius 2 is 1.63 bits per heavy atom. The summed E-state index contributed by atoms with van der Waals surface area (Å²) in [6.07, 6.45) is 4.13. The second-order valence-corrected chi connectivity index (χ2v) is 6.42. The molecule has 184 valence electrons. The maximum atomic E-state index is 12.8. The molecule has 1 heterocycles. The summed E-state index contributed by atoms with van der Waals surface area (Å²) in [5.74, 6) is -0.241. The molecule has 7 nitrogen and oxygen atoms in total.